The third kappa shape index (κ3) is 7.84. The lowest BCUT2D eigenvalue weighted by molar-refractivity contribution is -0.157. The monoisotopic (exact) mass is 509 g/mol. The van der Waals surface area contributed by atoms with Gasteiger partial charge in [0.2, 0.25) is 0 Å². The third-order valence-electron chi connectivity index (χ3n) is 5.06. The molecule has 3 aromatic rings. The molecule has 3 rings (SSSR count). The molecule has 0 unspecified atom stereocenters. The van der Waals surface area contributed by atoms with Crippen molar-refractivity contribution >= 4 is 33.4 Å². The van der Waals surface area contributed by atoms with Crippen LogP contribution in [0.4, 0.5) is 16.2 Å². The molecule has 190 valence electrons. The molecule has 9 heteroatoms. The van der Waals surface area contributed by atoms with Crippen LogP contribution in [0.2, 0.25) is 0 Å². The maximum Gasteiger partial charge on any atom is 0.329 e. The van der Waals surface area contributed by atoms with Crippen LogP contribution >= 0.6 is 0 Å². The molecule has 0 fully saturated rings. The molecule has 0 aliphatic carbocycles. The van der Waals surface area contributed by atoms with Crippen LogP contribution in [0.15, 0.2) is 83.8 Å². The molecule has 0 spiro atoms. The minimum atomic E-state index is -3.75. The van der Waals surface area contributed by atoms with Crippen molar-refractivity contribution in [2.24, 2.45) is 0 Å². The Bertz CT molecular complexity index is 1300. The van der Waals surface area contributed by atoms with E-state index in [0.29, 0.717) is 16.9 Å². The van der Waals surface area contributed by atoms with Gasteiger partial charge in [-0.3, -0.25) is 4.72 Å². The molecule has 0 heterocycles. The second kappa shape index (κ2) is 11.3. The molecule has 0 saturated carbocycles. The van der Waals surface area contributed by atoms with Gasteiger partial charge in [-0.05, 0) is 69.2 Å². The average Bonchev–Trinajstić information content (AvgIpc) is 2.79. The summed E-state index contributed by atoms with van der Waals surface area (Å²) in [7, 11) is -3.75. The molecule has 0 aliphatic heterocycles. The maximum absolute atomic E-state index is 12.7. The van der Waals surface area contributed by atoms with Gasteiger partial charge in [0, 0.05) is 17.8 Å². The van der Waals surface area contributed by atoms with Crippen molar-refractivity contribution in [3.8, 4) is 0 Å². The normalized spacial score (nSPS) is 12.3. The van der Waals surface area contributed by atoms with Gasteiger partial charge in [-0.1, -0.05) is 48.5 Å². The predicted molar refractivity (Wildman–Crippen MR) is 140 cm³/mol. The summed E-state index contributed by atoms with van der Waals surface area (Å²) >= 11 is 0. The lowest BCUT2D eigenvalue weighted by Gasteiger charge is -2.24. The Hall–Kier alpha value is -3.85. The summed E-state index contributed by atoms with van der Waals surface area (Å²) < 4.78 is 33.4. The minimum absolute atomic E-state index is 0.193. The first-order chi connectivity index (χ1) is 16.9. The fourth-order valence-electron chi connectivity index (χ4n) is 3.43. The van der Waals surface area contributed by atoms with E-state index in [1.807, 2.05) is 30.3 Å². The van der Waals surface area contributed by atoms with Crippen LogP contribution in [0, 0.1) is 6.92 Å². The summed E-state index contributed by atoms with van der Waals surface area (Å²) in [6.07, 6.45) is 0.267. The van der Waals surface area contributed by atoms with E-state index in [1.165, 1.54) is 6.07 Å². The van der Waals surface area contributed by atoms with Crippen molar-refractivity contribution in [3.63, 3.8) is 0 Å². The van der Waals surface area contributed by atoms with Gasteiger partial charge in [0.15, 0.2) is 0 Å². The van der Waals surface area contributed by atoms with Gasteiger partial charge >= 0.3 is 12.0 Å². The summed E-state index contributed by atoms with van der Waals surface area (Å²) in [5, 5.41) is 5.35. The van der Waals surface area contributed by atoms with Crippen molar-refractivity contribution in [3.05, 3.63) is 90.0 Å². The van der Waals surface area contributed by atoms with Crippen LogP contribution in [0.1, 0.15) is 31.9 Å². The maximum atomic E-state index is 12.7. The SMILES string of the molecule is Cc1ccccc1S(=O)(=O)Nc1ccc(NC(=O)N[C@@H](Cc2ccccc2)C(=O)OC(C)(C)C)cc1. The highest BCUT2D eigenvalue weighted by atomic mass is 32.2. The number of urea groups is 1. The summed E-state index contributed by atoms with van der Waals surface area (Å²) in [6.45, 7) is 7.01. The molecule has 8 nitrogen and oxygen atoms in total. The minimum Gasteiger partial charge on any atom is -0.458 e. The molecule has 36 heavy (non-hydrogen) atoms. The Morgan fingerprint density at radius 3 is 2.06 bits per heavy atom. The molecule has 0 saturated heterocycles. The highest BCUT2D eigenvalue weighted by molar-refractivity contribution is 7.92. The van der Waals surface area contributed by atoms with Crippen molar-refractivity contribution in [2.45, 2.75) is 50.7 Å². The van der Waals surface area contributed by atoms with E-state index >= 15 is 0 Å². The second-order valence-electron chi connectivity index (χ2n) is 9.32. The summed E-state index contributed by atoms with van der Waals surface area (Å²) in [5.74, 6) is -0.539. The zero-order valence-corrected chi connectivity index (χ0v) is 21.6. The van der Waals surface area contributed by atoms with Crippen molar-refractivity contribution in [1.82, 2.24) is 5.32 Å². The van der Waals surface area contributed by atoms with Crippen molar-refractivity contribution < 1.29 is 22.7 Å². The van der Waals surface area contributed by atoms with Gasteiger partial charge in [-0.15, -0.1) is 0 Å². The number of nitrogens with one attached hydrogen (secondary N) is 3. The number of hydrogen-bond donors (Lipinski definition) is 3. The predicted octanol–water partition coefficient (Wildman–Crippen LogP) is 4.87. The molecule has 0 aromatic heterocycles. The zero-order valence-electron chi connectivity index (χ0n) is 20.7. The van der Waals surface area contributed by atoms with Crippen LogP contribution in [-0.2, 0) is 26.0 Å². The smallest absolute Gasteiger partial charge is 0.329 e. The van der Waals surface area contributed by atoms with Crippen LogP contribution in [0.3, 0.4) is 0 Å². The Morgan fingerprint density at radius 2 is 1.44 bits per heavy atom. The molecule has 3 N–H and O–H groups in total. The number of carbonyl (C=O) groups excluding carboxylic acids is 2. The number of aryl methyl sites for hydroxylation is 1. The molecule has 0 aliphatic rings. The van der Waals surface area contributed by atoms with Crippen LogP contribution in [0.5, 0.6) is 0 Å². The zero-order chi connectivity index (χ0) is 26.3. The number of hydrogen-bond acceptors (Lipinski definition) is 5. The van der Waals surface area contributed by atoms with Crippen LogP contribution in [0.25, 0.3) is 0 Å². The summed E-state index contributed by atoms with van der Waals surface area (Å²) in [5.41, 5.74) is 1.58. The lowest BCUT2D eigenvalue weighted by Crippen LogP contribution is -2.47. The van der Waals surface area contributed by atoms with E-state index in [9.17, 15) is 18.0 Å². The fraction of sp³-hybridized carbons (Fsp3) is 0.259. The van der Waals surface area contributed by atoms with Crippen LogP contribution < -0.4 is 15.4 Å². The largest absolute Gasteiger partial charge is 0.458 e. The van der Waals surface area contributed by atoms with Gasteiger partial charge in [-0.25, -0.2) is 18.0 Å². The number of ether oxygens (including phenoxy) is 1. The van der Waals surface area contributed by atoms with E-state index in [-0.39, 0.29) is 11.3 Å². The van der Waals surface area contributed by atoms with E-state index in [0.717, 1.165) is 5.56 Å². The van der Waals surface area contributed by atoms with Gasteiger partial charge < -0.3 is 15.4 Å². The molecule has 1 atom stereocenters. The van der Waals surface area contributed by atoms with E-state index < -0.39 is 33.7 Å². The number of rotatable bonds is 8. The number of esters is 1. The van der Waals surface area contributed by atoms with Gasteiger partial charge in [0.05, 0.1) is 4.90 Å². The fourth-order valence-corrected chi connectivity index (χ4v) is 4.74. The lowest BCUT2D eigenvalue weighted by atomic mass is 10.1. The summed E-state index contributed by atoms with van der Waals surface area (Å²) in [4.78, 5) is 25.6. The number of carbonyl (C=O) groups is 2. The average molecular weight is 510 g/mol. The van der Waals surface area contributed by atoms with Crippen molar-refractivity contribution in [2.75, 3.05) is 10.0 Å². The Kier molecular flexibility index (Phi) is 8.37. The Morgan fingerprint density at radius 1 is 0.861 bits per heavy atom. The van der Waals surface area contributed by atoms with Gasteiger partial charge in [0.25, 0.3) is 10.0 Å². The standard InChI is InChI=1S/C27H31N3O5S/c1-19-10-8-9-13-24(19)36(33,34)30-22-16-14-21(15-17-22)28-26(32)29-23(25(31)35-27(2,3)4)18-20-11-6-5-7-12-20/h5-17,23,30H,18H2,1-4H3,(H2,28,29,32)/t23-/m0/s1. The first-order valence-electron chi connectivity index (χ1n) is 11.5. The Balaban J connectivity index is 1.66. The number of anilines is 2. The second-order valence-corrected chi connectivity index (χ2v) is 11.0. The van der Waals surface area contributed by atoms with E-state index in [4.69, 9.17) is 4.74 Å². The molecule has 2 amide bonds. The first kappa shape index (κ1) is 26.7. The topological polar surface area (TPSA) is 114 Å². The number of sulfonamides is 1. The third-order valence-corrected chi connectivity index (χ3v) is 6.60. The quantitative estimate of drug-likeness (QED) is 0.375. The molecule has 3 aromatic carbocycles. The summed E-state index contributed by atoms with van der Waals surface area (Å²) in [6, 6.07) is 20.7. The highest BCUT2D eigenvalue weighted by Crippen LogP contribution is 2.21. The van der Waals surface area contributed by atoms with E-state index in [1.54, 1.807) is 70.2 Å². The number of amides is 2. The van der Waals surface area contributed by atoms with Crippen LogP contribution in [-0.4, -0.2) is 32.1 Å². The molecule has 0 bridgehead atoms. The first-order valence-corrected chi connectivity index (χ1v) is 12.9. The van der Waals surface area contributed by atoms with Gasteiger partial charge in [-0.2, -0.15) is 0 Å². The van der Waals surface area contributed by atoms with Gasteiger partial charge in [0.1, 0.15) is 11.6 Å². The van der Waals surface area contributed by atoms with Crippen molar-refractivity contribution in [1.29, 1.82) is 0 Å². The molecular weight excluding hydrogens is 478 g/mol. The van der Waals surface area contributed by atoms with E-state index in [2.05, 4.69) is 15.4 Å². The Labute approximate surface area is 212 Å². The molecule has 0 radical (unpaired) electrons. The number of benzene rings is 3. The molecular formula is C27H31N3O5S. The highest BCUT2D eigenvalue weighted by Gasteiger charge is 2.27.